The van der Waals surface area contributed by atoms with E-state index in [4.69, 9.17) is 69.6 Å². The van der Waals surface area contributed by atoms with E-state index in [0.717, 1.165) is 0 Å². The summed E-state index contributed by atoms with van der Waals surface area (Å²) in [5.74, 6) is -2.41. The third-order valence-electron chi connectivity index (χ3n) is 4.41. The highest BCUT2D eigenvalue weighted by molar-refractivity contribution is 8.00. The molecule has 12 heteroatoms. The van der Waals surface area contributed by atoms with Crippen molar-refractivity contribution in [2.24, 2.45) is 0 Å². The summed E-state index contributed by atoms with van der Waals surface area (Å²) in [6.45, 7) is 0. The maximum atomic E-state index is 12.9. The highest BCUT2D eigenvalue weighted by Crippen LogP contribution is 2.42. The first kappa shape index (κ1) is 27.0. The van der Waals surface area contributed by atoms with Gasteiger partial charge in [0.2, 0.25) is 0 Å². The van der Waals surface area contributed by atoms with Crippen molar-refractivity contribution in [1.29, 1.82) is 0 Å². The van der Waals surface area contributed by atoms with E-state index in [9.17, 15) is 19.5 Å². The number of anilines is 1. The van der Waals surface area contributed by atoms with Crippen molar-refractivity contribution in [3.05, 3.63) is 89.3 Å². The van der Waals surface area contributed by atoms with Gasteiger partial charge in [-0.15, -0.1) is 11.8 Å². The monoisotopic (exact) mass is 595 g/mol. The smallest absolute Gasteiger partial charge is 0.338 e. The van der Waals surface area contributed by atoms with Gasteiger partial charge in [0.1, 0.15) is 0 Å². The lowest BCUT2D eigenvalue weighted by atomic mass is 10.1. The van der Waals surface area contributed by atoms with Crippen LogP contribution >= 0.6 is 81.4 Å². The van der Waals surface area contributed by atoms with Crippen LogP contribution in [0.3, 0.4) is 0 Å². The molecule has 0 spiro atoms. The second kappa shape index (κ2) is 11.4. The summed E-state index contributed by atoms with van der Waals surface area (Å²) in [5, 5.41) is 11.5. The average molecular weight is 598 g/mol. The average Bonchev–Trinajstić information content (AvgIpc) is 2.79. The number of halogens is 6. The Morgan fingerprint density at radius 2 is 1.44 bits per heavy atom. The summed E-state index contributed by atoms with van der Waals surface area (Å²) in [7, 11) is 0. The van der Waals surface area contributed by atoms with Crippen LogP contribution in [0.2, 0.25) is 30.1 Å². The van der Waals surface area contributed by atoms with Crippen LogP contribution in [0.1, 0.15) is 31.1 Å². The van der Waals surface area contributed by atoms with Crippen LogP contribution in [-0.2, 0) is 0 Å². The summed E-state index contributed by atoms with van der Waals surface area (Å²) >= 11 is 37.1. The minimum absolute atomic E-state index is 0.104. The zero-order chi connectivity index (χ0) is 25.2. The lowest BCUT2D eigenvalue weighted by molar-refractivity contribution is 0.0692. The summed E-state index contributed by atoms with van der Waals surface area (Å²) < 4.78 is 0. The quantitative estimate of drug-likeness (QED) is 0.123. The van der Waals surface area contributed by atoms with E-state index in [0.29, 0.717) is 21.2 Å². The summed E-state index contributed by atoms with van der Waals surface area (Å²) in [4.78, 5) is 37.7. The van der Waals surface area contributed by atoms with Crippen molar-refractivity contribution in [2.45, 2.75) is 4.90 Å². The van der Waals surface area contributed by atoms with Gasteiger partial charge in [0.15, 0.2) is 5.78 Å². The van der Waals surface area contributed by atoms with Gasteiger partial charge in [-0.3, -0.25) is 9.59 Å². The van der Waals surface area contributed by atoms with E-state index >= 15 is 0 Å². The van der Waals surface area contributed by atoms with E-state index in [1.54, 1.807) is 36.4 Å². The summed E-state index contributed by atoms with van der Waals surface area (Å²) in [6, 6.07) is 11.2. The number of carbonyl (C=O) groups excluding carboxylic acids is 2. The molecule has 3 aromatic rings. The minimum atomic E-state index is -1.50. The Labute approximate surface area is 228 Å². The fourth-order valence-electron chi connectivity index (χ4n) is 2.80. The van der Waals surface area contributed by atoms with Crippen molar-refractivity contribution >= 4 is 105 Å². The largest absolute Gasteiger partial charge is 0.478 e. The third kappa shape index (κ3) is 5.94. The predicted molar refractivity (Wildman–Crippen MR) is 139 cm³/mol. The van der Waals surface area contributed by atoms with Crippen LogP contribution in [-0.4, -0.2) is 28.5 Å². The number of carboxylic acid groups (broad SMARTS) is 1. The van der Waals surface area contributed by atoms with Gasteiger partial charge < -0.3 is 10.4 Å². The molecule has 5 nitrogen and oxygen atoms in total. The number of hydrogen-bond donors (Lipinski definition) is 2. The van der Waals surface area contributed by atoms with Crippen LogP contribution in [0.15, 0.2) is 47.4 Å². The van der Waals surface area contributed by atoms with Crippen LogP contribution in [0.25, 0.3) is 0 Å². The molecule has 3 aromatic carbocycles. The molecule has 0 aliphatic heterocycles. The zero-order valence-corrected chi connectivity index (χ0v) is 21.9. The molecule has 0 aliphatic carbocycles. The first-order valence-corrected chi connectivity index (χ1v) is 12.4. The standard InChI is InChI=1S/C22H11Cl6NO4S/c23-12-5-4-9(6-13(12)24)14(30)8-34-11-3-1-2-10(7-11)29-21(31)15-16(22(32)33)18(26)20(28)19(27)17(15)25/h1-7H,8H2,(H,29,31)(H,32,33). The van der Waals surface area contributed by atoms with E-state index in [-0.39, 0.29) is 31.6 Å². The van der Waals surface area contributed by atoms with E-state index in [1.807, 2.05) is 0 Å². The Bertz CT molecular complexity index is 1330. The molecule has 0 fully saturated rings. The molecular formula is C22H11Cl6NO4S. The number of Topliss-reactive ketones (excluding diaryl/α,β-unsaturated/α-hetero) is 1. The van der Waals surface area contributed by atoms with Gasteiger partial charge in [-0.05, 0) is 36.4 Å². The van der Waals surface area contributed by atoms with Gasteiger partial charge in [-0.2, -0.15) is 0 Å². The third-order valence-corrected chi connectivity index (χ3v) is 7.95. The van der Waals surface area contributed by atoms with Crippen molar-refractivity contribution in [3.63, 3.8) is 0 Å². The highest BCUT2D eigenvalue weighted by Gasteiger charge is 2.29. The highest BCUT2D eigenvalue weighted by atomic mass is 35.5. The Hall–Kier alpha value is -1.64. The van der Waals surface area contributed by atoms with Crippen LogP contribution < -0.4 is 5.32 Å². The number of carboxylic acids is 1. The van der Waals surface area contributed by atoms with E-state index in [2.05, 4.69) is 5.32 Å². The fraction of sp³-hybridized carbons (Fsp3) is 0.0455. The molecule has 0 unspecified atom stereocenters. The predicted octanol–water partition coefficient (Wildman–Crippen LogP) is 8.53. The fourth-order valence-corrected chi connectivity index (χ4v) is 4.97. The maximum Gasteiger partial charge on any atom is 0.338 e. The SMILES string of the molecule is O=C(CSc1cccc(NC(=O)c2c(Cl)c(Cl)c(Cl)c(Cl)c2C(=O)O)c1)c1ccc(Cl)c(Cl)c1. The molecule has 0 saturated carbocycles. The molecule has 0 heterocycles. The van der Waals surface area contributed by atoms with Gasteiger partial charge in [-0.1, -0.05) is 75.7 Å². The molecule has 0 aliphatic rings. The van der Waals surface area contributed by atoms with Crippen molar-refractivity contribution < 1.29 is 19.5 Å². The number of benzene rings is 3. The minimum Gasteiger partial charge on any atom is -0.478 e. The van der Waals surface area contributed by atoms with Crippen molar-refractivity contribution in [3.8, 4) is 0 Å². The zero-order valence-electron chi connectivity index (χ0n) is 16.6. The number of hydrogen-bond acceptors (Lipinski definition) is 4. The van der Waals surface area contributed by atoms with Gasteiger partial charge in [0.25, 0.3) is 5.91 Å². The number of ketones is 1. The van der Waals surface area contributed by atoms with Crippen LogP contribution in [0.4, 0.5) is 5.69 Å². The Morgan fingerprint density at radius 1 is 0.794 bits per heavy atom. The topological polar surface area (TPSA) is 83.5 Å². The van der Waals surface area contributed by atoms with Gasteiger partial charge >= 0.3 is 5.97 Å². The lowest BCUT2D eigenvalue weighted by Crippen LogP contribution is -2.18. The van der Waals surface area contributed by atoms with E-state index in [1.165, 1.54) is 17.8 Å². The molecule has 0 saturated heterocycles. The molecule has 0 atom stereocenters. The Kier molecular flexibility index (Phi) is 9.04. The summed E-state index contributed by atoms with van der Waals surface area (Å²) in [5.41, 5.74) is -0.261. The lowest BCUT2D eigenvalue weighted by Gasteiger charge is -2.14. The van der Waals surface area contributed by atoms with Crippen molar-refractivity contribution in [1.82, 2.24) is 0 Å². The normalized spacial score (nSPS) is 10.8. The van der Waals surface area contributed by atoms with Gasteiger partial charge in [-0.25, -0.2) is 4.79 Å². The van der Waals surface area contributed by atoms with Gasteiger partial charge in [0.05, 0.1) is 47.0 Å². The van der Waals surface area contributed by atoms with Gasteiger partial charge in [0, 0.05) is 16.1 Å². The molecular weight excluding hydrogens is 587 g/mol. The first-order chi connectivity index (χ1) is 16.0. The van der Waals surface area contributed by atoms with Crippen LogP contribution in [0.5, 0.6) is 0 Å². The first-order valence-electron chi connectivity index (χ1n) is 9.13. The second-order valence-electron chi connectivity index (χ2n) is 6.63. The van der Waals surface area contributed by atoms with Crippen LogP contribution in [0, 0.1) is 0 Å². The maximum absolute atomic E-state index is 12.9. The number of nitrogens with one attached hydrogen (secondary N) is 1. The molecule has 2 N–H and O–H groups in total. The summed E-state index contributed by atoms with van der Waals surface area (Å²) in [6.07, 6.45) is 0. The number of aromatic carboxylic acids is 1. The van der Waals surface area contributed by atoms with E-state index < -0.39 is 28.0 Å². The number of rotatable bonds is 7. The Balaban J connectivity index is 1.80. The molecule has 176 valence electrons. The Morgan fingerprint density at radius 3 is 2.06 bits per heavy atom. The molecule has 0 bridgehead atoms. The second-order valence-corrected chi connectivity index (χ2v) is 10.0. The number of amides is 1. The molecule has 34 heavy (non-hydrogen) atoms. The number of carbonyl (C=O) groups is 3. The molecule has 0 radical (unpaired) electrons. The molecule has 1 amide bonds. The van der Waals surface area contributed by atoms with Crippen molar-refractivity contribution in [2.75, 3.05) is 11.1 Å². The number of thioether (sulfide) groups is 1. The molecule has 0 aromatic heterocycles. The molecule has 3 rings (SSSR count).